The Morgan fingerprint density at radius 2 is 2.06 bits per heavy atom. The van der Waals surface area contributed by atoms with Crippen molar-refractivity contribution in [3.63, 3.8) is 0 Å². The fraction of sp³-hybridized carbons (Fsp3) is 0.455. The number of rotatable bonds is 2. The van der Waals surface area contributed by atoms with Crippen molar-refractivity contribution >= 4 is 5.69 Å². The molecule has 2 atom stereocenters. The number of benzene rings is 1. The Balaban J connectivity index is 2.35. The SMILES string of the molecule is CC1(C)[C@H](N)[C@H]1c1ccc([N+](=O)[O-])cc1F. The number of hydrogen-bond acceptors (Lipinski definition) is 3. The van der Waals surface area contributed by atoms with Crippen molar-refractivity contribution in [3.05, 3.63) is 39.7 Å². The zero-order chi connectivity index (χ0) is 12.1. The molecule has 86 valence electrons. The molecule has 5 heteroatoms. The van der Waals surface area contributed by atoms with Gasteiger partial charge in [0.2, 0.25) is 0 Å². The quantitative estimate of drug-likeness (QED) is 0.618. The van der Waals surface area contributed by atoms with Gasteiger partial charge in [0.05, 0.1) is 11.0 Å². The Kier molecular flexibility index (Phi) is 2.24. The second-order valence-electron chi connectivity index (χ2n) is 4.79. The van der Waals surface area contributed by atoms with Crippen LogP contribution in [0.2, 0.25) is 0 Å². The summed E-state index contributed by atoms with van der Waals surface area (Å²) >= 11 is 0. The van der Waals surface area contributed by atoms with Crippen LogP contribution in [0.25, 0.3) is 0 Å². The van der Waals surface area contributed by atoms with E-state index in [1.807, 2.05) is 13.8 Å². The Labute approximate surface area is 92.4 Å². The van der Waals surface area contributed by atoms with E-state index < -0.39 is 10.7 Å². The summed E-state index contributed by atoms with van der Waals surface area (Å²) in [6.45, 7) is 3.92. The van der Waals surface area contributed by atoms with Crippen molar-refractivity contribution in [1.29, 1.82) is 0 Å². The number of nitro benzene ring substituents is 1. The first-order valence-corrected chi connectivity index (χ1v) is 5.05. The van der Waals surface area contributed by atoms with Gasteiger partial charge in [-0.15, -0.1) is 0 Å². The monoisotopic (exact) mass is 224 g/mol. The van der Waals surface area contributed by atoms with Crippen LogP contribution >= 0.6 is 0 Å². The highest BCUT2D eigenvalue weighted by atomic mass is 19.1. The van der Waals surface area contributed by atoms with Gasteiger partial charge in [-0.1, -0.05) is 13.8 Å². The second-order valence-corrected chi connectivity index (χ2v) is 4.79. The summed E-state index contributed by atoms with van der Waals surface area (Å²) in [5.41, 5.74) is 5.96. The zero-order valence-electron chi connectivity index (χ0n) is 9.11. The normalized spacial score (nSPS) is 26.5. The molecule has 0 aliphatic heterocycles. The molecule has 1 aromatic carbocycles. The molecule has 0 spiro atoms. The molecular formula is C11H13FN2O2. The molecule has 4 nitrogen and oxygen atoms in total. The van der Waals surface area contributed by atoms with Gasteiger partial charge in [-0.3, -0.25) is 10.1 Å². The minimum absolute atomic E-state index is 0.0479. The Bertz CT molecular complexity index is 459. The number of non-ortho nitro benzene ring substituents is 1. The van der Waals surface area contributed by atoms with E-state index in [2.05, 4.69) is 0 Å². The first-order valence-electron chi connectivity index (χ1n) is 5.05. The first kappa shape index (κ1) is 11.0. The summed E-state index contributed by atoms with van der Waals surface area (Å²) in [5, 5.41) is 10.5. The zero-order valence-corrected chi connectivity index (χ0v) is 9.11. The number of nitrogens with zero attached hydrogens (tertiary/aromatic N) is 1. The van der Waals surface area contributed by atoms with Crippen LogP contribution in [0.15, 0.2) is 18.2 Å². The van der Waals surface area contributed by atoms with E-state index in [-0.39, 0.29) is 23.1 Å². The maximum absolute atomic E-state index is 13.7. The molecule has 0 saturated heterocycles. The third kappa shape index (κ3) is 1.48. The molecule has 1 aliphatic carbocycles. The summed E-state index contributed by atoms with van der Waals surface area (Å²) in [5.74, 6) is -0.589. The highest BCUT2D eigenvalue weighted by molar-refractivity contribution is 5.41. The molecule has 0 radical (unpaired) electrons. The summed E-state index contributed by atoms with van der Waals surface area (Å²) in [6, 6.07) is 3.66. The predicted octanol–water partition coefficient (Wildman–Crippen LogP) is 2.18. The minimum Gasteiger partial charge on any atom is -0.327 e. The number of nitrogens with two attached hydrogens (primary N) is 1. The van der Waals surface area contributed by atoms with Crippen LogP contribution in [0.4, 0.5) is 10.1 Å². The summed E-state index contributed by atoms with van der Waals surface area (Å²) in [7, 11) is 0. The van der Waals surface area contributed by atoms with Crippen LogP contribution < -0.4 is 5.73 Å². The first-order chi connectivity index (χ1) is 7.35. The van der Waals surface area contributed by atoms with Gasteiger partial charge in [-0.05, 0) is 17.0 Å². The van der Waals surface area contributed by atoms with Crippen molar-refractivity contribution in [2.75, 3.05) is 0 Å². The van der Waals surface area contributed by atoms with Crippen molar-refractivity contribution < 1.29 is 9.31 Å². The third-order valence-electron chi connectivity index (χ3n) is 3.44. The lowest BCUT2D eigenvalue weighted by atomic mass is 10.0. The van der Waals surface area contributed by atoms with Gasteiger partial charge < -0.3 is 5.73 Å². The molecule has 1 fully saturated rings. The smallest absolute Gasteiger partial charge is 0.272 e. The van der Waals surface area contributed by atoms with E-state index in [0.717, 1.165) is 6.07 Å². The highest BCUT2D eigenvalue weighted by Crippen LogP contribution is 2.57. The van der Waals surface area contributed by atoms with E-state index in [0.29, 0.717) is 5.56 Å². The fourth-order valence-electron chi connectivity index (χ4n) is 2.15. The van der Waals surface area contributed by atoms with Crippen molar-refractivity contribution in [1.82, 2.24) is 0 Å². The third-order valence-corrected chi connectivity index (χ3v) is 3.44. The topological polar surface area (TPSA) is 69.2 Å². The number of halogens is 1. The number of nitro groups is 1. The van der Waals surface area contributed by atoms with E-state index >= 15 is 0 Å². The lowest BCUT2D eigenvalue weighted by Gasteiger charge is -2.04. The van der Waals surface area contributed by atoms with Gasteiger partial charge in [0.15, 0.2) is 0 Å². The molecule has 16 heavy (non-hydrogen) atoms. The molecule has 2 rings (SSSR count). The van der Waals surface area contributed by atoms with Gasteiger partial charge in [-0.2, -0.15) is 0 Å². The fourth-order valence-corrected chi connectivity index (χ4v) is 2.15. The molecule has 0 heterocycles. The van der Waals surface area contributed by atoms with Crippen LogP contribution in [0.1, 0.15) is 25.3 Å². The number of hydrogen-bond donors (Lipinski definition) is 1. The van der Waals surface area contributed by atoms with Gasteiger partial charge in [0.25, 0.3) is 5.69 Å². The predicted molar refractivity (Wildman–Crippen MR) is 57.6 cm³/mol. The molecule has 0 bridgehead atoms. The summed E-state index contributed by atoms with van der Waals surface area (Å²) in [4.78, 5) is 9.85. The lowest BCUT2D eigenvalue weighted by Crippen LogP contribution is -2.06. The standard InChI is InChI=1S/C11H13FN2O2/c1-11(2)9(10(11)13)7-4-3-6(14(15)16)5-8(7)12/h3-5,9-10H,13H2,1-2H3/t9-,10-/m1/s1. The largest absolute Gasteiger partial charge is 0.327 e. The van der Waals surface area contributed by atoms with Crippen molar-refractivity contribution in [2.24, 2.45) is 11.1 Å². The van der Waals surface area contributed by atoms with Crippen LogP contribution in [0, 0.1) is 21.3 Å². The van der Waals surface area contributed by atoms with Crippen LogP contribution in [-0.4, -0.2) is 11.0 Å². The lowest BCUT2D eigenvalue weighted by molar-refractivity contribution is -0.385. The highest BCUT2D eigenvalue weighted by Gasteiger charge is 2.57. The van der Waals surface area contributed by atoms with Crippen LogP contribution in [0.5, 0.6) is 0 Å². The van der Waals surface area contributed by atoms with E-state index in [1.165, 1.54) is 12.1 Å². The summed E-state index contributed by atoms with van der Waals surface area (Å²) in [6.07, 6.45) is 0. The van der Waals surface area contributed by atoms with Crippen molar-refractivity contribution in [3.8, 4) is 0 Å². The van der Waals surface area contributed by atoms with Crippen LogP contribution in [0.3, 0.4) is 0 Å². The Morgan fingerprint density at radius 3 is 2.44 bits per heavy atom. The minimum atomic E-state index is -0.606. The van der Waals surface area contributed by atoms with E-state index in [9.17, 15) is 14.5 Å². The van der Waals surface area contributed by atoms with Gasteiger partial charge >= 0.3 is 0 Å². The van der Waals surface area contributed by atoms with Crippen molar-refractivity contribution in [2.45, 2.75) is 25.8 Å². The molecular weight excluding hydrogens is 211 g/mol. The molecule has 2 N–H and O–H groups in total. The van der Waals surface area contributed by atoms with Gasteiger partial charge in [0, 0.05) is 18.0 Å². The maximum Gasteiger partial charge on any atom is 0.272 e. The summed E-state index contributed by atoms with van der Waals surface area (Å²) < 4.78 is 13.7. The Hall–Kier alpha value is -1.49. The average molecular weight is 224 g/mol. The van der Waals surface area contributed by atoms with E-state index in [1.54, 1.807) is 0 Å². The second kappa shape index (κ2) is 3.25. The molecule has 0 aromatic heterocycles. The molecule has 0 amide bonds. The van der Waals surface area contributed by atoms with Gasteiger partial charge in [0.1, 0.15) is 5.82 Å². The average Bonchev–Trinajstić information content (AvgIpc) is 2.67. The van der Waals surface area contributed by atoms with Gasteiger partial charge in [-0.25, -0.2) is 4.39 Å². The molecule has 0 unspecified atom stereocenters. The van der Waals surface area contributed by atoms with Crippen LogP contribution in [-0.2, 0) is 0 Å². The molecule has 1 aromatic rings. The molecule has 1 aliphatic rings. The van der Waals surface area contributed by atoms with E-state index in [4.69, 9.17) is 5.73 Å². The molecule has 1 saturated carbocycles. The Morgan fingerprint density at radius 1 is 1.50 bits per heavy atom. The maximum atomic E-state index is 13.7.